The van der Waals surface area contributed by atoms with Crippen LogP contribution in [0, 0.1) is 0 Å². The summed E-state index contributed by atoms with van der Waals surface area (Å²) in [6, 6.07) is 35.4. The lowest BCUT2D eigenvalue weighted by Crippen LogP contribution is -2.00. The maximum Gasteiger partial charge on any atom is 0.0287 e. The molecule has 6 rings (SSSR count). The Bertz CT molecular complexity index is 1230. The van der Waals surface area contributed by atoms with Crippen LogP contribution in [-0.4, -0.2) is 0 Å². The third kappa shape index (κ3) is 2.25. The van der Waals surface area contributed by atoms with E-state index in [2.05, 4.69) is 103 Å². The van der Waals surface area contributed by atoms with Crippen LogP contribution in [0.4, 0.5) is 0 Å². The molecule has 0 amide bonds. The highest BCUT2D eigenvalue weighted by Gasteiger charge is 2.29. The van der Waals surface area contributed by atoms with Crippen molar-refractivity contribution in [2.24, 2.45) is 0 Å². The summed E-state index contributed by atoms with van der Waals surface area (Å²) >= 11 is 0. The van der Waals surface area contributed by atoms with Gasteiger partial charge in [-0.2, -0.15) is 0 Å². The molecule has 4 aromatic rings. The Balaban J connectivity index is 1.54. The van der Waals surface area contributed by atoms with E-state index in [4.69, 9.17) is 0 Å². The minimum Gasteiger partial charge on any atom is -0.0641 e. The van der Waals surface area contributed by atoms with E-state index in [1.807, 2.05) is 0 Å². The molecule has 2 aliphatic carbocycles. The quantitative estimate of drug-likeness (QED) is 0.325. The van der Waals surface area contributed by atoms with Crippen LogP contribution in [0.2, 0.25) is 0 Å². The van der Waals surface area contributed by atoms with Crippen LogP contribution < -0.4 is 0 Å². The Morgan fingerprint density at radius 2 is 1.21 bits per heavy atom. The fourth-order valence-corrected chi connectivity index (χ4v) is 4.96. The molecule has 0 N–H and O–H groups in total. The fraction of sp³-hybridized carbons (Fsp3) is 0.0714. The van der Waals surface area contributed by atoms with Crippen LogP contribution in [0.25, 0.3) is 16.7 Å². The van der Waals surface area contributed by atoms with Gasteiger partial charge in [0.05, 0.1) is 0 Å². The van der Waals surface area contributed by atoms with Crippen molar-refractivity contribution in [2.75, 3.05) is 0 Å². The van der Waals surface area contributed by atoms with Gasteiger partial charge in [0.25, 0.3) is 0 Å². The summed E-state index contributed by atoms with van der Waals surface area (Å²) in [6.07, 6.45) is 3.51. The summed E-state index contributed by atoms with van der Waals surface area (Å²) in [5.74, 6) is 0.315. The highest BCUT2D eigenvalue weighted by molar-refractivity contribution is 5.88. The normalized spacial score (nSPS) is 16.3. The van der Waals surface area contributed by atoms with Crippen molar-refractivity contribution in [3.8, 4) is 11.1 Å². The molecule has 0 saturated carbocycles. The van der Waals surface area contributed by atoms with Gasteiger partial charge in [0, 0.05) is 5.92 Å². The van der Waals surface area contributed by atoms with Gasteiger partial charge in [-0.05, 0) is 56.5 Å². The SMILES string of the molecule is C1=C(c2ccccc2)c2ccccc2C1c1cccc2c1Cc1ccccc1-2. The van der Waals surface area contributed by atoms with Crippen LogP contribution in [-0.2, 0) is 6.42 Å². The van der Waals surface area contributed by atoms with Crippen LogP contribution in [0.15, 0.2) is 103 Å². The largest absolute Gasteiger partial charge is 0.0641 e. The topological polar surface area (TPSA) is 0 Å². The van der Waals surface area contributed by atoms with E-state index in [9.17, 15) is 0 Å². The summed E-state index contributed by atoms with van der Waals surface area (Å²) < 4.78 is 0. The molecule has 0 nitrogen and oxygen atoms in total. The molecular weight excluding hydrogens is 336 g/mol. The van der Waals surface area contributed by atoms with Crippen molar-refractivity contribution in [3.63, 3.8) is 0 Å². The molecule has 28 heavy (non-hydrogen) atoms. The Hall–Kier alpha value is -3.38. The molecule has 0 aliphatic heterocycles. The minimum absolute atomic E-state index is 0.315. The van der Waals surface area contributed by atoms with Crippen molar-refractivity contribution in [3.05, 3.63) is 137 Å². The standard InChI is InChI=1S/C28H20/c1-2-9-19(10-3-1)26-18-28(24-14-7-6-13-23(24)26)25-16-8-15-22-21-12-5-4-11-20(21)17-27(22)25/h1-16,18,28H,17H2. The number of benzene rings is 4. The van der Waals surface area contributed by atoms with Gasteiger partial charge >= 0.3 is 0 Å². The van der Waals surface area contributed by atoms with Crippen LogP contribution in [0.3, 0.4) is 0 Å². The number of rotatable bonds is 2. The smallest absolute Gasteiger partial charge is 0.0287 e. The molecule has 0 saturated heterocycles. The summed E-state index contributed by atoms with van der Waals surface area (Å²) in [7, 11) is 0. The molecule has 0 aromatic heterocycles. The highest BCUT2D eigenvalue weighted by atomic mass is 14.3. The van der Waals surface area contributed by atoms with Gasteiger partial charge in [-0.15, -0.1) is 0 Å². The van der Waals surface area contributed by atoms with Gasteiger partial charge in [-0.25, -0.2) is 0 Å². The molecule has 2 aliphatic rings. The number of hydrogen-bond acceptors (Lipinski definition) is 0. The molecule has 1 atom stereocenters. The first-order valence-corrected chi connectivity index (χ1v) is 9.97. The lowest BCUT2D eigenvalue weighted by Gasteiger charge is -2.16. The molecular formula is C28H20. The number of hydrogen-bond donors (Lipinski definition) is 0. The van der Waals surface area contributed by atoms with E-state index in [0.717, 1.165) is 6.42 Å². The minimum atomic E-state index is 0.315. The third-order valence-corrected chi connectivity index (χ3v) is 6.23. The Labute approximate surface area is 165 Å². The first-order chi connectivity index (χ1) is 13.9. The first-order valence-electron chi connectivity index (χ1n) is 9.97. The summed E-state index contributed by atoms with van der Waals surface area (Å²) in [4.78, 5) is 0. The van der Waals surface area contributed by atoms with E-state index in [1.54, 1.807) is 0 Å². The second-order valence-electron chi connectivity index (χ2n) is 7.72. The summed E-state index contributed by atoms with van der Waals surface area (Å²) in [5.41, 5.74) is 12.6. The van der Waals surface area contributed by atoms with E-state index < -0.39 is 0 Å². The molecule has 4 aromatic carbocycles. The van der Waals surface area contributed by atoms with Crippen molar-refractivity contribution in [1.82, 2.24) is 0 Å². The van der Waals surface area contributed by atoms with Crippen molar-refractivity contribution in [2.45, 2.75) is 12.3 Å². The molecule has 0 fully saturated rings. The maximum absolute atomic E-state index is 2.47. The van der Waals surface area contributed by atoms with E-state index >= 15 is 0 Å². The second-order valence-corrected chi connectivity index (χ2v) is 7.72. The van der Waals surface area contributed by atoms with Gasteiger partial charge < -0.3 is 0 Å². The third-order valence-electron chi connectivity index (χ3n) is 6.23. The molecule has 0 radical (unpaired) electrons. The average molecular weight is 356 g/mol. The number of allylic oxidation sites excluding steroid dienone is 1. The van der Waals surface area contributed by atoms with Crippen LogP contribution in [0.5, 0.6) is 0 Å². The van der Waals surface area contributed by atoms with Gasteiger partial charge in [0.2, 0.25) is 0 Å². The first kappa shape index (κ1) is 15.7. The molecule has 0 bridgehead atoms. The zero-order valence-corrected chi connectivity index (χ0v) is 15.6. The van der Waals surface area contributed by atoms with Crippen LogP contribution >= 0.6 is 0 Å². The second kappa shape index (κ2) is 6.07. The molecule has 0 heterocycles. The maximum atomic E-state index is 2.47. The number of fused-ring (bicyclic) bond motifs is 4. The van der Waals surface area contributed by atoms with E-state index in [0.29, 0.717) is 5.92 Å². The highest BCUT2D eigenvalue weighted by Crippen LogP contribution is 2.47. The molecule has 0 spiro atoms. The Morgan fingerprint density at radius 1 is 0.536 bits per heavy atom. The van der Waals surface area contributed by atoms with Gasteiger partial charge in [0.15, 0.2) is 0 Å². The molecule has 132 valence electrons. The Kier molecular flexibility index (Phi) is 3.39. The Morgan fingerprint density at radius 3 is 2.11 bits per heavy atom. The van der Waals surface area contributed by atoms with Gasteiger partial charge in [-0.1, -0.05) is 103 Å². The zero-order valence-electron chi connectivity index (χ0n) is 15.6. The van der Waals surface area contributed by atoms with E-state index in [1.165, 1.54) is 50.1 Å². The zero-order chi connectivity index (χ0) is 18.5. The predicted octanol–water partition coefficient (Wildman–Crippen LogP) is 6.84. The molecule has 0 heteroatoms. The predicted molar refractivity (Wildman–Crippen MR) is 116 cm³/mol. The monoisotopic (exact) mass is 356 g/mol. The van der Waals surface area contributed by atoms with Crippen molar-refractivity contribution in [1.29, 1.82) is 0 Å². The van der Waals surface area contributed by atoms with Crippen molar-refractivity contribution < 1.29 is 0 Å². The lowest BCUT2D eigenvalue weighted by atomic mass is 9.88. The van der Waals surface area contributed by atoms with Gasteiger partial charge in [0.1, 0.15) is 0 Å². The van der Waals surface area contributed by atoms with Gasteiger partial charge in [-0.3, -0.25) is 0 Å². The lowest BCUT2D eigenvalue weighted by molar-refractivity contribution is 1.02. The summed E-state index contributed by atoms with van der Waals surface area (Å²) in [6.45, 7) is 0. The van der Waals surface area contributed by atoms with E-state index in [-0.39, 0.29) is 0 Å². The van der Waals surface area contributed by atoms with Crippen molar-refractivity contribution >= 4 is 5.57 Å². The average Bonchev–Trinajstić information content (AvgIpc) is 3.33. The summed E-state index contributed by atoms with van der Waals surface area (Å²) in [5, 5.41) is 0. The van der Waals surface area contributed by atoms with Crippen LogP contribution in [0.1, 0.15) is 39.3 Å². The fourth-order valence-electron chi connectivity index (χ4n) is 4.96. The molecule has 1 unspecified atom stereocenters.